The van der Waals surface area contributed by atoms with Gasteiger partial charge in [-0.05, 0) is 69.0 Å². The van der Waals surface area contributed by atoms with Crippen molar-refractivity contribution < 1.29 is 36.6 Å². The Morgan fingerprint density at radius 1 is 1.20 bits per heavy atom. The summed E-state index contributed by atoms with van der Waals surface area (Å²) in [6, 6.07) is 0.862. The van der Waals surface area contributed by atoms with Gasteiger partial charge in [-0.1, -0.05) is 0 Å². The fourth-order valence-electron chi connectivity index (χ4n) is 3.53. The summed E-state index contributed by atoms with van der Waals surface area (Å²) in [6.45, 7) is -0.507. The van der Waals surface area contributed by atoms with Crippen molar-refractivity contribution in [2.75, 3.05) is 31.5 Å². The van der Waals surface area contributed by atoms with Crippen molar-refractivity contribution in [1.29, 1.82) is 0 Å². The largest absolute Gasteiger partial charge is 0.471 e. The van der Waals surface area contributed by atoms with E-state index in [2.05, 4.69) is 24.6 Å². The van der Waals surface area contributed by atoms with Crippen molar-refractivity contribution in [3.8, 4) is 11.6 Å². The van der Waals surface area contributed by atoms with Gasteiger partial charge in [-0.2, -0.15) is 13.2 Å². The first-order valence-corrected chi connectivity index (χ1v) is 11.6. The van der Waals surface area contributed by atoms with Crippen LogP contribution in [0.1, 0.15) is 41.6 Å². The van der Waals surface area contributed by atoms with Crippen molar-refractivity contribution >= 4 is 28.5 Å². The molecule has 4 N–H and O–H groups in total. The summed E-state index contributed by atoms with van der Waals surface area (Å²) in [6.07, 6.45) is 4.14. The molecule has 0 atom stereocenters. The molecule has 1 aromatic carbocycles. The van der Waals surface area contributed by atoms with E-state index < -0.39 is 48.1 Å². The number of likely N-dealkylation sites (tertiary alicyclic amines) is 1. The van der Waals surface area contributed by atoms with E-state index >= 15 is 0 Å². The Balaban J connectivity index is 1.56. The lowest BCUT2D eigenvalue weighted by Gasteiger charge is -2.14. The number of unbranched alkanes of at least 4 members (excludes halogenated alkanes) is 1. The van der Waals surface area contributed by atoms with Gasteiger partial charge < -0.3 is 25.4 Å². The van der Waals surface area contributed by atoms with Gasteiger partial charge in [0.2, 0.25) is 5.88 Å². The van der Waals surface area contributed by atoms with Gasteiger partial charge in [0.25, 0.3) is 5.91 Å². The van der Waals surface area contributed by atoms with Gasteiger partial charge in [-0.15, -0.1) is 0 Å². The summed E-state index contributed by atoms with van der Waals surface area (Å²) in [5.74, 6) is -4.70. The quantitative estimate of drug-likeness (QED) is 0.291. The van der Waals surface area contributed by atoms with Crippen LogP contribution in [0, 0.1) is 11.6 Å². The fourth-order valence-corrected chi connectivity index (χ4v) is 4.26. The van der Waals surface area contributed by atoms with Gasteiger partial charge in [-0.25, -0.2) is 13.6 Å². The summed E-state index contributed by atoms with van der Waals surface area (Å²) in [7, 11) is 0. The zero-order chi connectivity index (χ0) is 25.4. The summed E-state index contributed by atoms with van der Waals surface area (Å²) in [4.78, 5) is 26.5. The first kappa shape index (κ1) is 26.5. The van der Waals surface area contributed by atoms with E-state index in [1.165, 1.54) is 12.8 Å². The van der Waals surface area contributed by atoms with Gasteiger partial charge in [0, 0.05) is 6.54 Å². The van der Waals surface area contributed by atoms with Gasteiger partial charge in [-0.3, -0.25) is 10.1 Å². The van der Waals surface area contributed by atoms with Crippen LogP contribution in [-0.4, -0.2) is 54.0 Å². The molecule has 0 aliphatic carbocycles. The number of carbonyl (C=O) groups excluding carboxylic acids is 2. The fraction of sp³-hybridized carbons (Fsp3) is 0.476. The predicted molar refractivity (Wildman–Crippen MR) is 120 cm³/mol. The monoisotopic (exact) mass is 519 g/mol. The molecule has 1 aliphatic rings. The molecule has 1 saturated heterocycles. The Kier molecular flexibility index (Phi) is 9.48. The van der Waals surface area contributed by atoms with Gasteiger partial charge in [0.15, 0.2) is 11.6 Å². The molecule has 0 saturated carbocycles. The van der Waals surface area contributed by atoms with Crippen LogP contribution in [0.2, 0.25) is 0 Å². The number of primary amides is 1. The highest BCUT2D eigenvalue weighted by atomic mass is 32.1. The molecule has 0 radical (unpaired) electrons. The molecule has 2 heterocycles. The Morgan fingerprint density at radius 3 is 2.63 bits per heavy atom. The minimum Gasteiger partial charge on any atom is -0.471 e. The van der Waals surface area contributed by atoms with Crippen LogP contribution in [0.25, 0.3) is 0 Å². The molecule has 0 unspecified atom stereocenters. The van der Waals surface area contributed by atoms with E-state index in [1.54, 1.807) is 0 Å². The Labute approximate surface area is 202 Å². The molecule has 35 heavy (non-hydrogen) atoms. The summed E-state index contributed by atoms with van der Waals surface area (Å²) >= 11 is 0.683. The topological polar surface area (TPSA) is 119 Å². The number of aromatic nitrogens is 1. The zero-order valence-corrected chi connectivity index (χ0v) is 19.4. The molecule has 0 spiro atoms. The second kappa shape index (κ2) is 12.5. The molecule has 3 amide bonds. The number of ether oxygens (including phenoxy) is 2. The summed E-state index contributed by atoms with van der Waals surface area (Å²) in [5, 5.41) is 5.11. The lowest BCUT2D eigenvalue weighted by molar-refractivity contribution is -0.0524. The Morgan fingerprint density at radius 2 is 1.94 bits per heavy atom. The molecule has 1 aromatic heterocycles. The average molecular weight is 520 g/mol. The maximum absolute atomic E-state index is 14.3. The van der Waals surface area contributed by atoms with Crippen LogP contribution in [0.15, 0.2) is 12.1 Å². The van der Waals surface area contributed by atoms with Crippen LogP contribution in [0.3, 0.4) is 0 Å². The number of nitrogens with one attached hydrogen (secondary N) is 2. The highest BCUT2D eigenvalue weighted by Crippen LogP contribution is 2.32. The summed E-state index contributed by atoms with van der Waals surface area (Å²) in [5.41, 5.74) is 4.36. The number of amides is 3. The van der Waals surface area contributed by atoms with Crippen LogP contribution in [0.4, 0.5) is 27.4 Å². The Bertz CT molecular complexity index is 1030. The molecule has 2 aromatic rings. The van der Waals surface area contributed by atoms with Crippen molar-refractivity contribution in [2.45, 2.75) is 38.9 Å². The number of hydrogen-bond acceptors (Lipinski definition) is 7. The third kappa shape index (κ3) is 7.42. The minimum atomic E-state index is -3.31. The standard InChI is InChI=1S/C21H25F4N5O4S/c22-13-5-6-14(34-20(24)25)16(23)12(13)11-33-18-15(17(26)31)19(35-29-18)28-21(32)27-7-1-2-8-30-9-3-4-10-30/h5-6,20H,1-4,7-11H2,(H2,26,31)(H2,27,28,32). The van der Waals surface area contributed by atoms with E-state index in [-0.39, 0.29) is 16.4 Å². The maximum atomic E-state index is 14.3. The van der Waals surface area contributed by atoms with Crippen LogP contribution < -0.4 is 25.8 Å². The van der Waals surface area contributed by atoms with E-state index in [4.69, 9.17) is 10.5 Å². The first-order chi connectivity index (χ1) is 16.8. The summed E-state index contributed by atoms with van der Waals surface area (Å²) < 4.78 is 66.3. The number of halogens is 4. The number of urea groups is 1. The molecule has 3 rings (SSSR count). The van der Waals surface area contributed by atoms with E-state index in [1.807, 2.05) is 0 Å². The average Bonchev–Trinajstić information content (AvgIpc) is 3.45. The third-order valence-corrected chi connectivity index (χ3v) is 5.99. The molecule has 9 nitrogen and oxygen atoms in total. The van der Waals surface area contributed by atoms with Crippen molar-refractivity contribution in [3.05, 3.63) is 34.9 Å². The smallest absolute Gasteiger partial charge is 0.387 e. The van der Waals surface area contributed by atoms with Gasteiger partial charge in [0.05, 0.1) is 5.56 Å². The molecule has 1 fully saturated rings. The van der Waals surface area contributed by atoms with Crippen LogP contribution >= 0.6 is 11.5 Å². The van der Waals surface area contributed by atoms with E-state index in [0.29, 0.717) is 24.1 Å². The number of carbonyl (C=O) groups is 2. The van der Waals surface area contributed by atoms with Crippen molar-refractivity contribution in [2.24, 2.45) is 5.73 Å². The van der Waals surface area contributed by atoms with E-state index in [9.17, 15) is 27.2 Å². The minimum absolute atomic E-state index is 0.0159. The number of nitrogens with zero attached hydrogens (tertiary/aromatic N) is 2. The predicted octanol–water partition coefficient (Wildman–Crippen LogP) is 3.70. The maximum Gasteiger partial charge on any atom is 0.387 e. The SMILES string of the molecule is NC(=O)c1c(OCc2c(F)ccc(OC(F)F)c2F)nsc1NC(=O)NCCCCN1CCCC1. The second-order valence-corrected chi connectivity index (χ2v) is 8.47. The van der Waals surface area contributed by atoms with Gasteiger partial charge in [0.1, 0.15) is 23.0 Å². The molecule has 14 heteroatoms. The number of alkyl halides is 2. The lowest BCUT2D eigenvalue weighted by atomic mass is 10.2. The molecule has 192 valence electrons. The van der Waals surface area contributed by atoms with Crippen LogP contribution in [-0.2, 0) is 6.61 Å². The Hall–Kier alpha value is -3.13. The highest BCUT2D eigenvalue weighted by Gasteiger charge is 2.24. The number of rotatable bonds is 12. The normalized spacial score (nSPS) is 13.7. The number of benzene rings is 1. The highest BCUT2D eigenvalue weighted by molar-refractivity contribution is 7.11. The lowest BCUT2D eigenvalue weighted by Crippen LogP contribution is -2.30. The zero-order valence-electron chi connectivity index (χ0n) is 18.6. The van der Waals surface area contributed by atoms with E-state index in [0.717, 1.165) is 38.5 Å². The molecular formula is C21H25F4N5O4S. The molecule has 1 aliphatic heterocycles. The van der Waals surface area contributed by atoms with Crippen LogP contribution in [0.5, 0.6) is 11.6 Å². The third-order valence-electron chi connectivity index (χ3n) is 5.24. The second-order valence-electron chi connectivity index (χ2n) is 7.70. The number of hydrogen-bond donors (Lipinski definition) is 3. The molecule has 0 bridgehead atoms. The van der Waals surface area contributed by atoms with Gasteiger partial charge >= 0.3 is 12.6 Å². The number of nitrogens with two attached hydrogens (primary N) is 1. The van der Waals surface area contributed by atoms with Crippen molar-refractivity contribution in [1.82, 2.24) is 14.6 Å². The molecular weight excluding hydrogens is 494 g/mol. The number of anilines is 1. The first-order valence-electron chi connectivity index (χ1n) is 10.9. The van der Waals surface area contributed by atoms with Crippen molar-refractivity contribution in [3.63, 3.8) is 0 Å².